The Labute approximate surface area is 185 Å². The van der Waals surface area contributed by atoms with Crippen LogP contribution in [-0.2, 0) is 24.0 Å². The van der Waals surface area contributed by atoms with E-state index >= 15 is 0 Å². The van der Waals surface area contributed by atoms with Gasteiger partial charge < -0.3 is 43.4 Å². The van der Waals surface area contributed by atoms with Gasteiger partial charge in [-0.3, -0.25) is 24.2 Å². The molecular formula is C18H33N7O7. The fraction of sp³-hybridized carbons (Fsp3) is 0.667. The minimum absolute atomic E-state index is 0.0187. The summed E-state index contributed by atoms with van der Waals surface area (Å²) in [6.07, 6.45) is -0.0211. The predicted molar refractivity (Wildman–Crippen MR) is 114 cm³/mol. The van der Waals surface area contributed by atoms with Crippen LogP contribution in [0.15, 0.2) is 4.99 Å². The van der Waals surface area contributed by atoms with Crippen LogP contribution in [0.25, 0.3) is 0 Å². The number of carboxylic acids is 2. The highest BCUT2D eigenvalue weighted by molar-refractivity contribution is 5.93. The van der Waals surface area contributed by atoms with Crippen molar-refractivity contribution in [3.8, 4) is 0 Å². The van der Waals surface area contributed by atoms with Crippen molar-refractivity contribution in [2.75, 3.05) is 13.1 Å². The number of rotatable bonds is 15. The number of nitrogens with zero attached hydrogens (tertiary/aromatic N) is 1. The summed E-state index contributed by atoms with van der Waals surface area (Å²) in [4.78, 5) is 62.3. The van der Waals surface area contributed by atoms with Crippen molar-refractivity contribution in [2.45, 2.75) is 57.7 Å². The van der Waals surface area contributed by atoms with Crippen LogP contribution in [0.5, 0.6) is 0 Å². The van der Waals surface area contributed by atoms with Crippen LogP contribution in [0.4, 0.5) is 0 Å². The molecule has 0 aliphatic rings. The summed E-state index contributed by atoms with van der Waals surface area (Å²) in [6.45, 7) is 3.28. The number of amides is 3. The maximum absolute atomic E-state index is 12.6. The lowest BCUT2D eigenvalue weighted by Crippen LogP contribution is -2.54. The third kappa shape index (κ3) is 13.0. The van der Waals surface area contributed by atoms with Crippen LogP contribution >= 0.6 is 0 Å². The van der Waals surface area contributed by atoms with Crippen molar-refractivity contribution in [2.24, 2.45) is 28.1 Å². The summed E-state index contributed by atoms with van der Waals surface area (Å²) in [5.41, 5.74) is 15.8. The monoisotopic (exact) mass is 459 g/mol. The quantitative estimate of drug-likeness (QED) is 0.0702. The number of carbonyl (C=O) groups excluding carboxylic acids is 3. The second-order valence-corrected chi connectivity index (χ2v) is 7.52. The summed E-state index contributed by atoms with van der Waals surface area (Å²) in [6, 6.07) is -3.59. The van der Waals surface area contributed by atoms with E-state index in [0.29, 0.717) is 6.42 Å². The number of aliphatic carboxylic acids is 2. The molecule has 3 amide bonds. The fourth-order valence-corrected chi connectivity index (χ4v) is 2.56. The minimum Gasteiger partial charge on any atom is -0.481 e. The molecule has 0 aliphatic carbocycles. The Bertz CT molecular complexity index is 708. The van der Waals surface area contributed by atoms with E-state index in [-0.39, 0.29) is 31.3 Å². The molecule has 0 heterocycles. The van der Waals surface area contributed by atoms with E-state index in [1.54, 1.807) is 0 Å². The smallest absolute Gasteiger partial charge is 0.326 e. The van der Waals surface area contributed by atoms with E-state index in [4.69, 9.17) is 22.3 Å². The number of aliphatic imine (C=N–C) groups is 1. The zero-order valence-corrected chi connectivity index (χ0v) is 18.2. The number of carboxylic acid groups (broad SMARTS) is 2. The average molecular weight is 460 g/mol. The first-order chi connectivity index (χ1) is 14.8. The lowest BCUT2D eigenvalue weighted by molar-refractivity contribution is -0.142. The molecular weight excluding hydrogens is 426 g/mol. The van der Waals surface area contributed by atoms with Gasteiger partial charge in [0.25, 0.3) is 0 Å². The summed E-state index contributed by atoms with van der Waals surface area (Å²) in [5, 5.41) is 25.0. The predicted octanol–water partition coefficient (Wildman–Crippen LogP) is -2.94. The van der Waals surface area contributed by atoms with Gasteiger partial charge in [0.1, 0.15) is 12.1 Å². The third-order valence-electron chi connectivity index (χ3n) is 4.07. The average Bonchev–Trinajstić information content (AvgIpc) is 2.66. The number of hydrogen-bond donors (Lipinski definition) is 8. The standard InChI is InChI=1S/C18H33N7O7/c1-9(2)6-12(24-13(26)8-23-15(29)10(19)7-14(27)28)16(30)25-11(17(31)32)4-3-5-22-18(20)21/h9-12H,3-8,19H2,1-2H3,(H,23,29)(H,24,26)(H,25,30)(H,27,28)(H,31,32)(H4,20,21,22). The molecule has 0 aromatic heterocycles. The van der Waals surface area contributed by atoms with E-state index in [0.717, 1.165) is 0 Å². The third-order valence-corrected chi connectivity index (χ3v) is 4.07. The molecule has 0 fully saturated rings. The molecule has 3 atom stereocenters. The highest BCUT2D eigenvalue weighted by Gasteiger charge is 2.27. The molecule has 0 spiro atoms. The van der Waals surface area contributed by atoms with E-state index in [1.807, 2.05) is 13.8 Å². The zero-order chi connectivity index (χ0) is 24.8. The van der Waals surface area contributed by atoms with Gasteiger partial charge in [-0.2, -0.15) is 0 Å². The molecule has 0 aliphatic heterocycles. The Morgan fingerprint density at radius 1 is 0.969 bits per heavy atom. The minimum atomic E-state index is -1.33. The van der Waals surface area contributed by atoms with Crippen LogP contribution in [0, 0.1) is 5.92 Å². The largest absolute Gasteiger partial charge is 0.481 e. The lowest BCUT2D eigenvalue weighted by atomic mass is 10.0. The maximum Gasteiger partial charge on any atom is 0.326 e. The summed E-state index contributed by atoms with van der Waals surface area (Å²) >= 11 is 0. The van der Waals surface area contributed by atoms with Crippen LogP contribution in [0.1, 0.15) is 39.5 Å². The lowest BCUT2D eigenvalue weighted by Gasteiger charge is -2.23. The molecule has 14 nitrogen and oxygen atoms in total. The van der Waals surface area contributed by atoms with Gasteiger partial charge in [0.15, 0.2) is 5.96 Å². The summed E-state index contributed by atoms with van der Waals surface area (Å²) in [5.74, 6) is -4.92. The van der Waals surface area contributed by atoms with Crippen molar-refractivity contribution >= 4 is 35.6 Å². The molecule has 0 rings (SSSR count). The van der Waals surface area contributed by atoms with Crippen LogP contribution in [-0.4, -0.2) is 77.0 Å². The number of hydrogen-bond acceptors (Lipinski definition) is 7. The Kier molecular flexibility index (Phi) is 13.0. The summed E-state index contributed by atoms with van der Waals surface area (Å²) < 4.78 is 0. The van der Waals surface area contributed by atoms with Gasteiger partial charge in [0, 0.05) is 6.54 Å². The molecule has 0 aromatic carbocycles. The second-order valence-electron chi connectivity index (χ2n) is 7.52. The maximum atomic E-state index is 12.6. The molecule has 0 saturated heterocycles. The van der Waals surface area contributed by atoms with Gasteiger partial charge in [-0.15, -0.1) is 0 Å². The van der Waals surface area contributed by atoms with Crippen molar-refractivity contribution in [1.82, 2.24) is 16.0 Å². The van der Waals surface area contributed by atoms with Gasteiger partial charge in [-0.25, -0.2) is 4.79 Å². The molecule has 14 heteroatoms. The number of nitrogens with two attached hydrogens (primary N) is 3. The molecule has 0 bridgehead atoms. The molecule has 0 saturated carbocycles. The highest BCUT2D eigenvalue weighted by Crippen LogP contribution is 2.07. The normalized spacial score (nSPS) is 13.4. The van der Waals surface area contributed by atoms with Crippen molar-refractivity contribution in [3.05, 3.63) is 0 Å². The number of guanidine groups is 1. The zero-order valence-electron chi connectivity index (χ0n) is 18.2. The van der Waals surface area contributed by atoms with Gasteiger partial charge in [0.05, 0.1) is 19.0 Å². The molecule has 0 aromatic rings. The molecule has 32 heavy (non-hydrogen) atoms. The van der Waals surface area contributed by atoms with E-state index in [9.17, 15) is 29.1 Å². The Morgan fingerprint density at radius 2 is 1.59 bits per heavy atom. The van der Waals surface area contributed by atoms with Gasteiger partial charge in [-0.05, 0) is 25.2 Å². The fourth-order valence-electron chi connectivity index (χ4n) is 2.56. The van der Waals surface area contributed by atoms with E-state index in [1.165, 1.54) is 0 Å². The van der Waals surface area contributed by atoms with Crippen LogP contribution < -0.4 is 33.2 Å². The second kappa shape index (κ2) is 14.6. The Morgan fingerprint density at radius 3 is 2.09 bits per heavy atom. The van der Waals surface area contributed by atoms with E-state index in [2.05, 4.69) is 20.9 Å². The first-order valence-corrected chi connectivity index (χ1v) is 9.96. The Balaban J connectivity index is 4.92. The molecule has 11 N–H and O–H groups in total. The first kappa shape index (κ1) is 28.6. The highest BCUT2D eigenvalue weighted by atomic mass is 16.4. The van der Waals surface area contributed by atoms with E-state index < -0.39 is 60.8 Å². The molecule has 3 unspecified atom stereocenters. The molecule has 0 radical (unpaired) electrons. The number of nitrogens with one attached hydrogen (secondary N) is 3. The van der Waals surface area contributed by atoms with Crippen molar-refractivity contribution in [1.29, 1.82) is 0 Å². The molecule has 182 valence electrons. The SMILES string of the molecule is CC(C)CC(NC(=O)CNC(=O)C(N)CC(=O)O)C(=O)NC(CCCN=C(N)N)C(=O)O. The van der Waals surface area contributed by atoms with Gasteiger partial charge >= 0.3 is 11.9 Å². The summed E-state index contributed by atoms with van der Waals surface area (Å²) in [7, 11) is 0. The Hall–Kier alpha value is -3.42. The number of carbonyl (C=O) groups is 5. The van der Waals surface area contributed by atoms with Gasteiger partial charge in [-0.1, -0.05) is 13.8 Å². The van der Waals surface area contributed by atoms with Crippen LogP contribution in [0.2, 0.25) is 0 Å². The topological polar surface area (TPSA) is 252 Å². The van der Waals surface area contributed by atoms with Crippen molar-refractivity contribution < 1.29 is 34.2 Å². The van der Waals surface area contributed by atoms with Crippen molar-refractivity contribution in [3.63, 3.8) is 0 Å². The van der Waals surface area contributed by atoms with Gasteiger partial charge in [0.2, 0.25) is 17.7 Å². The van der Waals surface area contributed by atoms with Crippen LogP contribution in [0.3, 0.4) is 0 Å². The first-order valence-electron chi connectivity index (χ1n) is 9.96.